The third kappa shape index (κ3) is 2.75. The molecule has 1 aliphatic heterocycles. The summed E-state index contributed by atoms with van der Waals surface area (Å²) in [4.78, 5) is 14.3. The number of nitrogens with zero attached hydrogens (tertiary/aromatic N) is 1. The molecular weight excluding hydrogens is 268 g/mol. The van der Waals surface area contributed by atoms with Crippen LogP contribution in [-0.2, 0) is 0 Å². The lowest BCUT2D eigenvalue weighted by molar-refractivity contribution is 0.0762. The van der Waals surface area contributed by atoms with Crippen LogP contribution in [0.5, 0.6) is 0 Å². The molecule has 1 atom stereocenters. The summed E-state index contributed by atoms with van der Waals surface area (Å²) in [5, 5.41) is 0.956. The molecule has 0 aromatic heterocycles. The van der Waals surface area contributed by atoms with E-state index in [1.807, 2.05) is 16.7 Å². The van der Waals surface area contributed by atoms with E-state index in [1.54, 1.807) is 18.2 Å². The van der Waals surface area contributed by atoms with Gasteiger partial charge in [-0.05, 0) is 18.6 Å². The van der Waals surface area contributed by atoms with Crippen molar-refractivity contribution in [1.82, 2.24) is 4.90 Å². The molecule has 2 N–H and O–H groups in total. The van der Waals surface area contributed by atoms with Crippen LogP contribution in [0.2, 0.25) is 5.02 Å². The van der Waals surface area contributed by atoms with Crippen molar-refractivity contribution in [3.63, 3.8) is 0 Å². The van der Waals surface area contributed by atoms with Gasteiger partial charge in [-0.2, -0.15) is 11.8 Å². The monoisotopic (exact) mass is 284 g/mol. The molecule has 3 nitrogen and oxygen atoms in total. The molecule has 1 saturated heterocycles. The van der Waals surface area contributed by atoms with Crippen LogP contribution >= 0.6 is 23.4 Å². The first kappa shape index (κ1) is 13.6. The van der Waals surface area contributed by atoms with Gasteiger partial charge in [0.05, 0.1) is 10.6 Å². The predicted octanol–water partition coefficient (Wildman–Crippen LogP) is 2.89. The first-order chi connectivity index (χ1) is 8.63. The Morgan fingerprint density at radius 3 is 3.06 bits per heavy atom. The van der Waals surface area contributed by atoms with Crippen LogP contribution in [0.15, 0.2) is 18.2 Å². The Hall–Kier alpha value is -0.870. The fourth-order valence-electron chi connectivity index (χ4n) is 2.08. The second kappa shape index (κ2) is 5.85. The lowest BCUT2D eigenvalue weighted by Gasteiger charge is -2.32. The lowest BCUT2D eigenvalue weighted by Crippen LogP contribution is -2.42. The van der Waals surface area contributed by atoms with E-state index in [0.29, 0.717) is 21.5 Å². The van der Waals surface area contributed by atoms with Crippen molar-refractivity contribution in [3.8, 4) is 0 Å². The average molecular weight is 285 g/mol. The second-order valence-electron chi connectivity index (χ2n) is 4.36. The highest BCUT2D eigenvalue weighted by molar-refractivity contribution is 8.00. The molecule has 0 spiro atoms. The van der Waals surface area contributed by atoms with Gasteiger partial charge < -0.3 is 10.6 Å². The second-order valence-corrected chi connectivity index (χ2v) is 6.17. The summed E-state index contributed by atoms with van der Waals surface area (Å²) >= 11 is 8.01. The quantitative estimate of drug-likeness (QED) is 0.850. The number of thioether (sulfide) groups is 1. The Morgan fingerprint density at radius 1 is 1.61 bits per heavy atom. The number of halogens is 1. The molecular formula is C13H17ClN2OS. The van der Waals surface area contributed by atoms with E-state index < -0.39 is 0 Å². The Kier molecular flexibility index (Phi) is 4.40. The molecule has 1 aromatic carbocycles. The molecule has 0 radical (unpaired) electrons. The zero-order chi connectivity index (χ0) is 13.1. The maximum atomic E-state index is 12.5. The summed E-state index contributed by atoms with van der Waals surface area (Å²) in [5.41, 5.74) is 6.76. The fourth-order valence-corrected chi connectivity index (χ4v) is 3.52. The zero-order valence-electron chi connectivity index (χ0n) is 10.4. The number of amides is 1. The van der Waals surface area contributed by atoms with Crippen LogP contribution < -0.4 is 5.73 Å². The van der Waals surface area contributed by atoms with Gasteiger partial charge >= 0.3 is 0 Å². The van der Waals surface area contributed by atoms with Gasteiger partial charge in [-0.25, -0.2) is 0 Å². The number of hydrogen-bond donors (Lipinski definition) is 1. The van der Waals surface area contributed by atoms with Crippen LogP contribution in [0, 0.1) is 0 Å². The minimum atomic E-state index is -0.0446. The number of nitrogen functional groups attached to an aromatic ring is 1. The van der Waals surface area contributed by atoms with Gasteiger partial charge in [0.25, 0.3) is 5.91 Å². The number of anilines is 1. The lowest BCUT2D eigenvalue weighted by atomic mass is 10.1. The third-order valence-electron chi connectivity index (χ3n) is 3.14. The van der Waals surface area contributed by atoms with E-state index in [1.165, 1.54) is 0 Å². The van der Waals surface area contributed by atoms with Gasteiger partial charge in [-0.3, -0.25) is 4.79 Å². The molecule has 1 fully saturated rings. The van der Waals surface area contributed by atoms with Crippen LogP contribution in [0.25, 0.3) is 0 Å². The summed E-state index contributed by atoms with van der Waals surface area (Å²) in [6.07, 6.45) is 1.08. The van der Waals surface area contributed by atoms with Gasteiger partial charge in [0.1, 0.15) is 0 Å². The Bertz CT molecular complexity index is 432. The Balaban J connectivity index is 2.20. The maximum Gasteiger partial charge on any atom is 0.257 e. The van der Waals surface area contributed by atoms with Gasteiger partial charge in [-0.15, -0.1) is 0 Å². The molecule has 1 unspecified atom stereocenters. The first-order valence-electron chi connectivity index (χ1n) is 6.08. The summed E-state index contributed by atoms with van der Waals surface area (Å²) in [6, 6.07) is 5.19. The van der Waals surface area contributed by atoms with Crippen LogP contribution in [0.1, 0.15) is 23.7 Å². The zero-order valence-corrected chi connectivity index (χ0v) is 11.9. The largest absolute Gasteiger partial charge is 0.398 e. The van der Waals surface area contributed by atoms with E-state index >= 15 is 0 Å². The highest BCUT2D eigenvalue weighted by Gasteiger charge is 2.26. The molecule has 1 aliphatic rings. The SMILES string of the molecule is CCC1CN(C(=O)c2c(N)cccc2Cl)CCS1. The minimum absolute atomic E-state index is 0.0446. The number of benzene rings is 1. The average Bonchev–Trinajstić information content (AvgIpc) is 2.38. The molecule has 1 amide bonds. The molecule has 0 bridgehead atoms. The van der Waals surface area contributed by atoms with Crippen molar-refractivity contribution in [2.45, 2.75) is 18.6 Å². The van der Waals surface area contributed by atoms with Gasteiger partial charge in [0.2, 0.25) is 0 Å². The van der Waals surface area contributed by atoms with E-state index in [-0.39, 0.29) is 5.91 Å². The summed E-state index contributed by atoms with van der Waals surface area (Å²) in [7, 11) is 0. The smallest absolute Gasteiger partial charge is 0.257 e. The molecule has 1 heterocycles. The number of carbonyl (C=O) groups excluding carboxylic acids is 1. The third-order valence-corrected chi connectivity index (χ3v) is 4.83. The van der Waals surface area contributed by atoms with Crippen molar-refractivity contribution in [1.29, 1.82) is 0 Å². The number of carbonyl (C=O) groups is 1. The van der Waals surface area contributed by atoms with E-state index in [2.05, 4.69) is 6.92 Å². The van der Waals surface area contributed by atoms with Crippen LogP contribution in [0.4, 0.5) is 5.69 Å². The summed E-state index contributed by atoms with van der Waals surface area (Å²) in [6.45, 7) is 3.70. The number of hydrogen-bond acceptors (Lipinski definition) is 3. The van der Waals surface area contributed by atoms with E-state index in [0.717, 1.165) is 25.3 Å². The Labute approximate surface area is 117 Å². The predicted molar refractivity (Wildman–Crippen MR) is 78.3 cm³/mol. The molecule has 18 heavy (non-hydrogen) atoms. The van der Waals surface area contributed by atoms with Crippen molar-refractivity contribution >= 4 is 35.0 Å². The topological polar surface area (TPSA) is 46.3 Å². The van der Waals surface area contributed by atoms with Crippen LogP contribution in [-0.4, -0.2) is 34.9 Å². The van der Waals surface area contributed by atoms with Crippen molar-refractivity contribution in [2.24, 2.45) is 0 Å². The van der Waals surface area contributed by atoms with Gasteiger partial charge in [-0.1, -0.05) is 24.6 Å². The summed E-state index contributed by atoms with van der Waals surface area (Å²) in [5.74, 6) is 0.936. The minimum Gasteiger partial charge on any atom is -0.398 e. The highest BCUT2D eigenvalue weighted by atomic mass is 35.5. The molecule has 1 aromatic rings. The molecule has 5 heteroatoms. The molecule has 0 saturated carbocycles. The van der Waals surface area contributed by atoms with Gasteiger partial charge in [0, 0.05) is 29.8 Å². The fraction of sp³-hybridized carbons (Fsp3) is 0.462. The standard InChI is InChI=1S/C13H17ClN2OS/c1-2-9-8-16(6-7-18-9)13(17)12-10(14)4-3-5-11(12)15/h3-5,9H,2,6-8,15H2,1H3. The highest BCUT2D eigenvalue weighted by Crippen LogP contribution is 2.27. The van der Waals surface area contributed by atoms with Crippen molar-refractivity contribution in [3.05, 3.63) is 28.8 Å². The van der Waals surface area contributed by atoms with E-state index in [9.17, 15) is 4.79 Å². The molecule has 98 valence electrons. The van der Waals surface area contributed by atoms with Crippen LogP contribution in [0.3, 0.4) is 0 Å². The van der Waals surface area contributed by atoms with Gasteiger partial charge in [0.15, 0.2) is 0 Å². The number of nitrogens with two attached hydrogens (primary N) is 1. The summed E-state index contributed by atoms with van der Waals surface area (Å²) < 4.78 is 0. The van der Waals surface area contributed by atoms with Crippen molar-refractivity contribution < 1.29 is 4.79 Å². The number of rotatable bonds is 2. The normalized spacial score (nSPS) is 19.9. The Morgan fingerprint density at radius 2 is 2.39 bits per heavy atom. The van der Waals surface area contributed by atoms with Crippen molar-refractivity contribution in [2.75, 3.05) is 24.6 Å². The molecule has 0 aliphatic carbocycles. The molecule has 2 rings (SSSR count). The first-order valence-corrected chi connectivity index (χ1v) is 7.51. The maximum absolute atomic E-state index is 12.5. The van der Waals surface area contributed by atoms with E-state index in [4.69, 9.17) is 17.3 Å².